The predicted molar refractivity (Wildman–Crippen MR) is 112 cm³/mol. The summed E-state index contributed by atoms with van der Waals surface area (Å²) in [6, 6.07) is 8.01. The zero-order valence-corrected chi connectivity index (χ0v) is 17.4. The highest BCUT2D eigenvalue weighted by atomic mass is 35.5. The highest BCUT2D eigenvalue weighted by Gasteiger charge is 2.09. The van der Waals surface area contributed by atoms with Gasteiger partial charge in [0.05, 0.1) is 5.92 Å². The fourth-order valence-electron chi connectivity index (χ4n) is 1.65. The Morgan fingerprint density at radius 2 is 2.04 bits per heavy atom. The standard InChI is InChI=1S/C10H8ClNS.C8H15NO.C2H6/c1-7-6-13-9-5-3-2-4-8(9)10(11)12-7;1-4-6-9-8(10)7(3)5-2;1-2/h2-6H,1H3;5,7H,2,4,6H2,1,3H3,(H,9,10);1-2H3. The van der Waals surface area contributed by atoms with Crippen LogP contribution >= 0.6 is 23.4 Å². The molecule has 0 radical (unpaired) electrons. The maximum Gasteiger partial charge on any atom is 0.226 e. The second-order valence-electron chi connectivity index (χ2n) is 5.09. The molecule has 1 amide bonds. The minimum atomic E-state index is -0.0634. The van der Waals surface area contributed by atoms with E-state index in [0.717, 1.165) is 29.1 Å². The third-order valence-electron chi connectivity index (χ3n) is 3.06. The van der Waals surface area contributed by atoms with Gasteiger partial charge in [-0.15, -0.1) is 6.58 Å². The summed E-state index contributed by atoms with van der Waals surface area (Å²) in [4.78, 5) is 16.4. The summed E-state index contributed by atoms with van der Waals surface area (Å²) in [5, 5.41) is 5.36. The van der Waals surface area contributed by atoms with E-state index in [9.17, 15) is 4.79 Å². The minimum Gasteiger partial charge on any atom is -0.356 e. The summed E-state index contributed by atoms with van der Waals surface area (Å²) in [6.07, 6.45) is 2.63. The summed E-state index contributed by atoms with van der Waals surface area (Å²) in [5.74, 6) is 0.00315. The molecule has 138 valence electrons. The first-order valence-electron chi connectivity index (χ1n) is 8.56. The second-order valence-corrected chi connectivity index (χ2v) is 6.36. The zero-order chi connectivity index (χ0) is 19.2. The van der Waals surface area contributed by atoms with Gasteiger partial charge < -0.3 is 5.32 Å². The number of amides is 1. The Bertz CT molecular complexity index is 611. The zero-order valence-electron chi connectivity index (χ0n) is 15.8. The number of hydrogen-bond acceptors (Lipinski definition) is 3. The van der Waals surface area contributed by atoms with E-state index in [4.69, 9.17) is 11.6 Å². The Morgan fingerprint density at radius 3 is 2.64 bits per heavy atom. The van der Waals surface area contributed by atoms with Crippen LogP contribution in [0.25, 0.3) is 0 Å². The Hall–Kier alpha value is -1.52. The molecule has 0 spiro atoms. The van der Waals surface area contributed by atoms with E-state index in [1.165, 1.54) is 0 Å². The van der Waals surface area contributed by atoms with E-state index < -0.39 is 0 Å². The van der Waals surface area contributed by atoms with Crippen molar-refractivity contribution in [2.24, 2.45) is 10.9 Å². The van der Waals surface area contributed by atoms with Crippen molar-refractivity contribution < 1.29 is 4.79 Å². The molecule has 1 aliphatic rings. The number of nitrogens with one attached hydrogen (secondary N) is 1. The first-order valence-corrected chi connectivity index (χ1v) is 9.82. The lowest BCUT2D eigenvalue weighted by Gasteiger charge is -2.05. The van der Waals surface area contributed by atoms with Crippen molar-refractivity contribution in [2.75, 3.05) is 6.54 Å². The van der Waals surface area contributed by atoms with Crippen molar-refractivity contribution in [3.8, 4) is 0 Å². The third kappa shape index (κ3) is 8.94. The summed E-state index contributed by atoms with van der Waals surface area (Å²) < 4.78 is 0. The van der Waals surface area contributed by atoms with Crippen molar-refractivity contribution in [3.63, 3.8) is 0 Å². The molecule has 0 fully saturated rings. The molecular weight excluding hydrogens is 352 g/mol. The van der Waals surface area contributed by atoms with Gasteiger partial charge >= 0.3 is 0 Å². The van der Waals surface area contributed by atoms with Crippen LogP contribution in [0.15, 0.2) is 57.9 Å². The minimum absolute atomic E-state index is 0.0634. The molecule has 1 N–H and O–H groups in total. The van der Waals surface area contributed by atoms with Crippen LogP contribution in [0, 0.1) is 5.92 Å². The number of halogens is 1. The van der Waals surface area contributed by atoms with Crippen LogP contribution < -0.4 is 5.32 Å². The number of fused-ring (bicyclic) bond motifs is 1. The first-order chi connectivity index (χ1) is 12.0. The van der Waals surface area contributed by atoms with Crippen LogP contribution in [0.4, 0.5) is 0 Å². The van der Waals surface area contributed by atoms with Crippen LogP contribution in [-0.2, 0) is 4.79 Å². The average Bonchev–Trinajstić information content (AvgIpc) is 2.79. The highest BCUT2D eigenvalue weighted by Crippen LogP contribution is 2.29. The summed E-state index contributed by atoms with van der Waals surface area (Å²) in [6.45, 7) is 14.1. The molecule has 2 rings (SSSR count). The average molecular weight is 381 g/mol. The predicted octanol–water partition coefficient (Wildman–Crippen LogP) is 6.00. The van der Waals surface area contributed by atoms with Crippen molar-refractivity contribution in [1.29, 1.82) is 0 Å². The van der Waals surface area contributed by atoms with Gasteiger partial charge in [0.25, 0.3) is 0 Å². The van der Waals surface area contributed by atoms with E-state index in [0.29, 0.717) is 5.17 Å². The molecule has 0 saturated carbocycles. The third-order valence-corrected chi connectivity index (χ3v) is 4.41. The van der Waals surface area contributed by atoms with Crippen molar-refractivity contribution >= 4 is 34.4 Å². The van der Waals surface area contributed by atoms with E-state index in [-0.39, 0.29) is 11.8 Å². The van der Waals surface area contributed by atoms with Crippen molar-refractivity contribution in [2.45, 2.75) is 45.9 Å². The van der Waals surface area contributed by atoms with Gasteiger partial charge in [-0.25, -0.2) is 4.99 Å². The largest absolute Gasteiger partial charge is 0.356 e. The van der Waals surface area contributed by atoms with Gasteiger partial charge in [-0.3, -0.25) is 4.79 Å². The fraction of sp³-hybridized carbons (Fsp3) is 0.400. The monoisotopic (exact) mass is 380 g/mol. The Balaban J connectivity index is 0.000000434. The van der Waals surface area contributed by atoms with Crippen LogP contribution in [0.3, 0.4) is 0 Å². The van der Waals surface area contributed by atoms with Crippen LogP contribution in [0.5, 0.6) is 0 Å². The number of hydrogen-bond donors (Lipinski definition) is 1. The maximum atomic E-state index is 11.0. The number of carbonyl (C=O) groups excluding carboxylic acids is 1. The molecule has 5 heteroatoms. The number of allylic oxidation sites excluding steroid dienone is 1. The smallest absolute Gasteiger partial charge is 0.226 e. The Labute approximate surface area is 161 Å². The van der Waals surface area contributed by atoms with Crippen LogP contribution in [0.2, 0.25) is 0 Å². The molecule has 1 unspecified atom stereocenters. The molecule has 1 atom stereocenters. The van der Waals surface area contributed by atoms with Crippen LogP contribution in [-0.4, -0.2) is 17.6 Å². The SMILES string of the molecule is C=CC(C)C(=O)NCCC.CC.CC1=CSc2ccccc2C(Cl)=N1. The van der Waals surface area contributed by atoms with E-state index in [1.54, 1.807) is 17.8 Å². The van der Waals surface area contributed by atoms with Crippen LogP contribution in [0.1, 0.15) is 46.6 Å². The number of nitrogens with zero attached hydrogens (tertiary/aromatic N) is 1. The lowest BCUT2D eigenvalue weighted by atomic mass is 10.2. The first kappa shape index (κ1) is 23.5. The fourth-order valence-corrected chi connectivity index (χ4v) is 2.80. The number of rotatable bonds is 4. The van der Waals surface area contributed by atoms with E-state index in [1.807, 2.05) is 64.3 Å². The molecule has 0 saturated heterocycles. The van der Waals surface area contributed by atoms with E-state index in [2.05, 4.69) is 16.9 Å². The number of thioether (sulfide) groups is 1. The molecule has 1 heterocycles. The topological polar surface area (TPSA) is 41.5 Å². The summed E-state index contributed by atoms with van der Waals surface area (Å²) in [7, 11) is 0. The second kappa shape index (κ2) is 13.7. The highest BCUT2D eigenvalue weighted by molar-refractivity contribution is 8.02. The molecule has 1 aromatic carbocycles. The molecule has 0 aromatic heterocycles. The normalized spacial score (nSPS) is 13.2. The van der Waals surface area contributed by atoms with E-state index >= 15 is 0 Å². The van der Waals surface area contributed by atoms with Gasteiger partial charge in [-0.05, 0) is 24.8 Å². The summed E-state index contributed by atoms with van der Waals surface area (Å²) >= 11 is 7.70. The lowest BCUT2D eigenvalue weighted by molar-refractivity contribution is -0.123. The maximum absolute atomic E-state index is 11.0. The van der Waals surface area contributed by atoms with Gasteiger partial charge in [0.2, 0.25) is 5.91 Å². The lowest BCUT2D eigenvalue weighted by Crippen LogP contribution is -2.28. The van der Waals surface area contributed by atoms with Crippen molar-refractivity contribution in [1.82, 2.24) is 5.32 Å². The number of benzene rings is 1. The van der Waals surface area contributed by atoms with Gasteiger partial charge in [0.15, 0.2) is 0 Å². The molecule has 0 aliphatic carbocycles. The van der Waals surface area contributed by atoms with Crippen molar-refractivity contribution in [3.05, 3.63) is 53.6 Å². The summed E-state index contributed by atoms with van der Waals surface area (Å²) in [5.41, 5.74) is 1.97. The quantitative estimate of drug-likeness (QED) is 0.650. The molecular formula is C20H29ClN2OS. The van der Waals surface area contributed by atoms with Gasteiger partial charge in [-0.2, -0.15) is 0 Å². The Morgan fingerprint density at radius 1 is 1.40 bits per heavy atom. The van der Waals surface area contributed by atoms with Gasteiger partial charge in [0, 0.05) is 22.7 Å². The molecule has 3 nitrogen and oxygen atoms in total. The molecule has 0 bridgehead atoms. The molecule has 1 aromatic rings. The van der Waals surface area contributed by atoms with Gasteiger partial charge in [0.1, 0.15) is 5.17 Å². The number of aliphatic imine (C=N–C) groups is 1. The van der Waals surface area contributed by atoms with Gasteiger partial charge in [-0.1, -0.05) is 75.3 Å². The Kier molecular flexibility index (Phi) is 12.9. The molecule has 25 heavy (non-hydrogen) atoms. The molecule has 1 aliphatic heterocycles. The number of carbonyl (C=O) groups is 1.